The number of alkyl carbamates (subject to hydrolysis) is 1. The minimum absolute atomic E-state index is 0.0355. The molecule has 2 amide bonds. The number of aryl methyl sites for hydroxylation is 1. The number of esters is 1. The number of nitrogens with one attached hydrogen (secondary N) is 1. The van der Waals surface area contributed by atoms with Crippen LogP contribution < -0.4 is 5.32 Å². The third-order valence-electron chi connectivity index (χ3n) is 7.47. The third kappa shape index (κ3) is 10.3. The van der Waals surface area contributed by atoms with Gasteiger partial charge in [-0.15, -0.1) is 0 Å². The lowest BCUT2D eigenvalue weighted by atomic mass is 9.83. The number of aliphatic imine (C=N–C) groups is 1. The number of amides is 2. The maximum Gasteiger partial charge on any atom is 0.417 e. The maximum atomic E-state index is 14.2. The predicted molar refractivity (Wildman–Crippen MR) is 170 cm³/mol. The highest BCUT2D eigenvalue weighted by Gasteiger charge is 2.50. The Kier molecular flexibility index (Phi) is 12.2. The van der Waals surface area contributed by atoms with Crippen molar-refractivity contribution in [2.24, 2.45) is 10.9 Å². The molecule has 0 saturated carbocycles. The van der Waals surface area contributed by atoms with E-state index in [-0.39, 0.29) is 24.3 Å². The molecule has 3 rings (SSSR count). The van der Waals surface area contributed by atoms with Crippen LogP contribution in [0.5, 0.6) is 0 Å². The van der Waals surface area contributed by atoms with Gasteiger partial charge in [-0.25, -0.2) is 19.0 Å². The van der Waals surface area contributed by atoms with Gasteiger partial charge in [-0.3, -0.25) is 15.0 Å². The van der Waals surface area contributed by atoms with Gasteiger partial charge in [0.25, 0.3) is 5.91 Å². The molecule has 0 fully saturated rings. The summed E-state index contributed by atoms with van der Waals surface area (Å²) in [5, 5.41) is 2.64. The van der Waals surface area contributed by atoms with E-state index in [9.17, 15) is 31.9 Å². The Hall–Kier alpha value is -3.96. The largest absolute Gasteiger partial charge is 0.459 e. The van der Waals surface area contributed by atoms with Crippen LogP contribution in [0.25, 0.3) is 0 Å². The number of carbonyl (C=O) groups excluding carboxylic acids is 3. The summed E-state index contributed by atoms with van der Waals surface area (Å²) < 4.78 is 65.0. The van der Waals surface area contributed by atoms with Crippen molar-refractivity contribution < 1.29 is 41.4 Å². The quantitative estimate of drug-likeness (QED) is 0.140. The molecule has 0 bridgehead atoms. The molecule has 0 saturated heterocycles. The number of guanidine groups is 1. The molecule has 0 aliphatic carbocycles. The fraction of sp³-hybridized carbons (Fsp3) is 0.543. The SMILES string of the molecule is CC(C)CC[C@]1(c2ccc(F)cc2)N=C(NC(=O)OC(C)(C)C)N(CCCCCc2ccc(C(F)(F)F)c(C(=O)OC(C)C)c2)C1=O. The van der Waals surface area contributed by atoms with Crippen LogP contribution in [0.1, 0.15) is 108 Å². The molecule has 0 aromatic heterocycles. The smallest absolute Gasteiger partial charge is 0.417 e. The number of ether oxygens (including phenoxy) is 2. The fourth-order valence-electron chi connectivity index (χ4n) is 5.24. The van der Waals surface area contributed by atoms with E-state index in [0.29, 0.717) is 49.7 Å². The van der Waals surface area contributed by atoms with Gasteiger partial charge in [-0.1, -0.05) is 38.5 Å². The summed E-state index contributed by atoms with van der Waals surface area (Å²) in [6, 6.07) is 9.06. The van der Waals surface area contributed by atoms with Crippen molar-refractivity contribution in [2.75, 3.05) is 6.54 Å². The highest BCUT2D eigenvalue weighted by atomic mass is 19.4. The van der Waals surface area contributed by atoms with E-state index in [0.717, 1.165) is 6.07 Å². The van der Waals surface area contributed by atoms with Crippen molar-refractivity contribution in [3.63, 3.8) is 0 Å². The average Bonchev–Trinajstić information content (AvgIpc) is 3.20. The van der Waals surface area contributed by atoms with E-state index in [4.69, 9.17) is 14.5 Å². The molecular weight excluding hydrogens is 618 g/mol. The second-order valence-corrected chi connectivity index (χ2v) is 13.5. The van der Waals surface area contributed by atoms with Crippen LogP contribution in [0, 0.1) is 11.7 Å². The van der Waals surface area contributed by atoms with Crippen molar-refractivity contribution in [1.29, 1.82) is 0 Å². The summed E-state index contributed by atoms with van der Waals surface area (Å²) in [4.78, 5) is 45.6. The minimum Gasteiger partial charge on any atom is -0.459 e. The zero-order valence-electron chi connectivity index (χ0n) is 28.1. The normalized spacial score (nSPS) is 16.9. The molecule has 12 heteroatoms. The van der Waals surface area contributed by atoms with Gasteiger partial charge < -0.3 is 9.47 Å². The summed E-state index contributed by atoms with van der Waals surface area (Å²) in [7, 11) is 0. The summed E-state index contributed by atoms with van der Waals surface area (Å²) in [6.45, 7) is 12.5. The van der Waals surface area contributed by atoms with Gasteiger partial charge in [0.15, 0.2) is 5.54 Å². The first kappa shape index (κ1) is 37.5. The van der Waals surface area contributed by atoms with Gasteiger partial charge in [0.05, 0.1) is 17.2 Å². The van der Waals surface area contributed by atoms with Crippen LogP contribution in [-0.2, 0) is 32.4 Å². The van der Waals surface area contributed by atoms with Crippen LogP contribution >= 0.6 is 0 Å². The van der Waals surface area contributed by atoms with E-state index in [2.05, 4.69) is 5.32 Å². The van der Waals surface area contributed by atoms with Crippen LogP contribution in [0.3, 0.4) is 0 Å². The van der Waals surface area contributed by atoms with E-state index in [1.807, 2.05) is 13.8 Å². The number of rotatable bonds is 12. The predicted octanol–water partition coefficient (Wildman–Crippen LogP) is 8.18. The fourth-order valence-corrected chi connectivity index (χ4v) is 5.24. The van der Waals surface area contributed by atoms with Crippen LogP contribution in [-0.4, -0.2) is 47.1 Å². The first-order valence-electron chi connectivity index (χ1n) is 15.9. The van der Waals surface area contributed by atoms with E-state index >= 15 is 0 Å². The zero-order chi connectivity index (χ0) is 35.2. The number of nitrogens with zero attached hydrogens (tertiary/aromatic N) is 2. The molecule has 2 aromatic rings. The first-order chi connectivity index (χ1) is 21.8. The molecule has 1 aliphatic heterocycles. The van der Waals surface area contributed by atoms with E-state index in [1.54, 1.807) is 34.6 Å². The lowest BCUT2D eigenvalue weighted by Gasteiger charge is -2.27. The van der Waals surface area contributed by atoms with Gasteiger partial charge in [-0.2, -0.15) is 13.2 Å². The number of hydrogen-bond donors (Lipinski definition) is 1. The molecule has 1 atom stereocenters. The Morgan fingerprint density at radius 2 is 1.64 bits per heavy atom. The van der Waals surface area contributed by atoms with Gasteiger partial charge in [0.1, 0.15) is 11.4 Å². The number of unbranched alkanes of at least 4 members (excludes halogenated alkanes) is 2. The molecule has 0 radical (unpaired) electrons. The second-order valence-electron chi connectivity index (χ2n) is 13.5. The molecular formula is C35H45F4N3O5. The molecule has 47 heavy (non-hydrogen) atoms. The van der Waals surface area contributed by atoms with Crippen LogP contribution in [0.2, 0.25) is 0 Å². The summed E-state index contributed by atoms with van der Waals surface area (Å²) >= 11 is 0. The molecule has 0 unspecified atom stereocenters. The monoisotopic (exact) mass is 663 g/mol. The van der Waals surface area contributed by atoms with Gasteiger partial charge >= 0.3 is 18.2 Å². The molecule has 8 nitrogen and oxygen atoms in total. The lowest BCUT2D eigenvalue weighted by molar-refractivity contribution is -0.138. The van der Waals surface area contributed by atoms with Crippen molar-refractivity contribution in [2.45, 2.75) is 110 Å². The number of carbonyl (C=O) groups is 3. The Morgan fingerprint density at radius 3 is 2.21 bits per heavy atom. The van der Waals surface area contributed by atoms with Crippen LogP contribution in [0.4, 0.5) is 22.4 Å². The summed E-state index contributed by atoms with van der Waals surface area (Å²) in [6.07, 6.45) is -3.10. The van der Waals surface area contributed by atoms with Crippen LogP contribution in [0.15, 0.2) is 47.5 Å². The highest BCUT2D eigenvalue weighted by Crippen LogP contribution is 2.39. The Labute approximate surface area is 273 Å². The van der Waals surface area contributed by atoms with Crippen molar-refractivity contribution >= 4 is 23.9 Å². The molecule has 1 heterocycles. The molecule has 1 aliphatic rings. The molecule has 2 aromatic carbocycles. The lowest BCUT2D eigenvalue weighted by Crippen LogP contribution is -2.47. The Balaban J connectivity index is 1.79. The number of alkyl halides is 3. The molecule has 258 valence electrons. The maximum absolute atomic E-state index is 14.2. The second kappa shape index (κ2) is 15.3. The van der Waals surface area contributed by atoms with Crippen molar-refractivity contribution in [3.05, 3.63) is 70.5 Å². The standard InChI is InChI=1S/C35H45F4N3O5/c1-22(2)18-19-34(25-13-15-26(36)16-14-25)30(44)42(31(41-34)40-32(45)47-33(5,6)7)20-10-8-9-11-24-12-17-28(35(37,38)39)27(21-24)29(43)46-23(3)4/h12-17,21-23H,8-11,18-20H2,1-7H3,(H,40,41,45)/t34-/m1/s1. The van der Waals surface area contributed by atoms with Gasteiger partial charge in [-0.05, 0) is 108 Å². The molecule has 0 spiro atoms. The third-order valence-corrected chi connectivity index (χ3v) is 7.47. The average molecular weight is 664 g/mol. The highest BCUT2D eigenvalue weighted by molar-refractivity contribution is 6.11. The minimum atomic E-state index is -4.71. The van der Waals surface area contributed by atoms with E-state index < -0.39 is 52.4 Å². The number of hydrogen-bond acceptors (Lipinski definition) is 6. The van der Waals surface area contributed by atoms with Gasteiger partial charge in [0, 0.05) is 6.54 Å². The van der Waals surface area contributed by atoms with Crippen molar-refractivity contribution in [3.8, 4) is 0 Å². The number of halogens is 4. The van der Waals surface area contributed by atoms with Crippen molar-refractivity contribution in [1.82, 2.24) is 10.2 Å². The van der Waals surface area contributed by atoms with E-state index in [1.165, 1.54) is 41.3 Å². The van der Waals surface area contributed by atoms with Gasteiger partial charge in [0.2, 0.25) is 5.96 Å². The number of benzene rings is 2. The Morgan fingerprint density at radius 1 is 0.979 bits per heavy atom. The zero-order valence-corrected chi connectivity index (χ0v) is 28.1. The topological polar surface area (TPSA) is 97.3 Å². The molecule has 1 N–H and O–H groups in total. The Bertz CT molecular complexity index is 1450. The summed E-state index contributed by atoms with van der Waals surface area (Å²) in [5.41, 5.74) is -2.70. The summed E-state index contributed by atoms with van der Waals surface area (Å²) in [5.74, 6) is -1.57. The first-order valence-corrected chi connectivity index (χ1v) is 15.9.